The van der Waals surface area contributed by atoms with E-state index in [4.69, 9.17) is 14.2 Å². The van der Waals surface area contributed by atoms with E-state index in [1.165, 1.54) is 12.8 Å². The van der Waals surface area contributed by atoms with E-state index in [9.17, 15) is 14.4 Å². The molecule has 1 amide bonds. The molecule has 0 bridgehead atoms. The molecule has 3 aliphatic heterocycles. The summed E-state index contributed by atoms with van der Waals surface area (Å²) in [4.78, 5) is 46.0. The van der Waals surface area contributed by atoms with Crippen LogP contribution in [0.1, 0.15) is 79.1 Å². The van der Waals surface area contributed by atoms with Crippen LogP contribution >= 0.6 is 11.8 Å². The summed E-state index contributed by atoms with van der Waals surface area (Å²) in [5.74, 6) is -0.458. The number of nitrogens with zero attached hydrogens (tertiary/aromatic N) is 3. The number of esters is 1. The Balaban J connectivity index is 1.46. The van der Waals surface area contributed by atoms with Gasteiger partial charge in [-0.3, -0.25) is 9.79 Å². The second-order valence-electron chi connectivity index (χ2n) is 10.1. The number of carbonyl (C=O) groups is 3. The SMILES string of the molecule is CCCCC(CC)COC(=O)OCOC(=O)[C@@H]1N2C(=O)[C@@H](N=CN3CCCCCC3)[C@H]2SC1(C)C. The molecule has 3 rings (SSSR count). The first kappa shape index (κ1) is 27.6. The monoisotopic (exact) mass is 511 g/mol. The van der Waals surface area contributed by atoms with Crippen molar-refractivity contribution < 1.29 is 28.6 Å². The van der Waals surface area contributed by atoms with E-state index < -0.39 is 35.7 Å². The van der Waals surface area contributed by atoms with Gasteiger partial charge in [0.2, 0.25) is 6.79 Å². The number of β-lactam (4-membered cyclic amide) rings is 1. The van der Waals surface area contributed by atoms with Crippen LogP contribution in [-0.2, 0) is 23.8 Å². The van der Waals surface area contributed by atoms with Crippen molar-refractivity contribution in [3.8, 4) is 0 Å². The molecule has 0 aromatic carbocycles. The van der Waals surface area contributed by atoms with Crippen LogP contribution < -0.4 is 0 Å². The first-order valence-corrected chi connectivity index (χ1v) is 13.9. The third-order valence-corrected chi connectivity index (χ3v) is 8.58. The Morgan fingerprint density at radius 3 is 2.51 bits per heavy atom. The molecule has 3 saturated heterocycles. The van der Waals surface area contributed by atoms with E-state index in [1.54, 1.807) is 16.7 Å². The molecule has 35 heavy (non-hydrogen) atoms. The van der Waals surface area contributed by atoms with E-state index in [2.05, 4.69) is 23.7 Å². The zero-order chi connectivity index (χ0) is 25.4. The van der Waals surface area contributed by atoms with Crippen molar-refractivity contribution in [3.63, 3.8) is 0 Å². The van der Waals surface area contributed by atoms with Gasteiger partial charge in [0.15, 0.2) is 6.04 Å². The van der Waals surface area contributed by atoms with Gasteiger partial charge in [0, 0.05) is 17.8 Å². The minimum Gasteiger partial charge on any atom is -0.434 e. The van der Waals surface area contributed by atoms with Crippen LogP contribution in [0.15, 0.2) is 4.99 Å². The third kappa shape index (κ3) is 7.05. The number of likely N-dealkylation sites (tertiary alicyclic amines) is 1. The predicted molar refractivity (Wildman–Crippen MR) is 135 cm³/mol. The normalized spacial score (nSPS) is 26.6. The number of ether oxygens (including phenoxy) is 3. The molecule has 1 unspecified atom stereocenters. The Labute approximate surface area is 213 Å². The highest BCUT2D eigenvalue weighted by Gasteiger charge is 2.64. The lowest BCUT2D eigenvalue weighted by molar-refractivity contribution is -0.169. The maximum Gasteiger partial charge on any atom is 0.511 e. The molecule has 4 atom stereocenters. The first-order chi connectivity index (χ1) is 16.8. The average molecular weight is 512 g/mol. The van der Waals surface area contributed by atoms with E-state index in [-0.39, 0.29) is 11.3 Å². The van der Waals surface area contributed by atoms with Crippen molar-refractivity contribution in [2.45, 2.75) is 101 Å². The van der Waals surface area contributed by atoms with Crippen molar-refractivity contribution in [2.24, 2.45) is 10.9 Å². The van der Waals surface area contributed by atoms with Gasteiger partial charge in [0.05, 0.1) is 12.9 Å². The van der Waals surface area contributed by atoms with Crippen LogP contribution in [0, 0.1) is 5.92 Å². The van der Waals surface area contributed by atoms with Gasteiger partial charge in [-0.15, -0.1) is 11.8 Å². The topological polar surface area (TPSA) is 97.7 Å². The number of unbranched alkanes of at least 4 members (excludes halogenated alkanes) is 1. The second-order valence-corrected chi connectivity index (χ2v) is 11.9. The fourth-order valence-electron chi connectivity index (χ4n) is 4.83. The lowest BCUT2D eigenvalue weighted by atomic mass is 9.96. The maximum absolute atomic E-state index is 12.9. The van der Waals surface area contributed by atoms with Crippen LogP contribution in [-0.4, -0.2) is 82.9 Å². The van der Waals surface area contributed by atoms with E-state index in [1.807, 2.05) is 20.2 Å². The molecule has 3 heterocycles. The summed E-state index contributed by atoms with van der Waals surface area (Å²) in [5.41, 5.74) is 0. The summed E-state index contributed by atoms with van der Waals surface area (Å²) in [6.45, 7) is 9.71. The molecule has 3 aliphatic rings. The Morgan fingerprint density at radius 1 is 1.14 bits per heavy atom. The highest BCUT2D eigenvalue weighted by Crippen LogP contribution is 2.51. The number of amides is 1. The van der Waals surface area contributed by atoms with Gasteiger partial charge in [0.1, 0.15) is 11.4 Å². The lowest BCUT2D eigenvalue weighted by Gasteiger charge is -2.41. The molecule has 10 heteroatoms. The Bertz CT molecular complexity index is 768. The number of hydrogen-bond donors (Lipinski definition) is 0. The highest BCUT2D eigenvalue weighted by atomic mass is 32.2. The standard InChI is InChI=1S/C25H41N3O6S/c1-5-7-12-18(6-2)15-32-24(31)34-17-33-23(30)20-25(3,4)35-22-19(21(29)28(20)22)26-16-27-13-10-8-9-11-14-27/h16,18-20,22H,5-15,17H2,1-4H3/t18?,19-,20+,22-/m1/s1. The maximum atomic E-state index is 12.9. The largest absolute Gasteiger partial charge is 0.511 e. The van der Waals surface area contributed by atoms with Crippen LogP contribution in [0.3, 0.4) is 0 Å². The minimum absolute atomic E-state index is 0.167. The molecule has 0 N–H and O–H groups in total. The van der Waals surface area contributed by atoms with Gasteiger partial charge >= 0.3 is 12.1 Å². The summed E-state index contributed by atoms with van der Waals surface area (Å²) in [6.07, 6.45) is 9.81. The molecule has 0 saturated carbocycles. The zero-order valence-electron chi connectivity index (χ0n) is 21.6. The summed E-state index contributed by atoms with van der Waals surface area (Å²) in [7, 11) is 0. The molecule has 3 fully saturated rings. The molecule has 0 radical (unpaired) electrons. The smallest absolute Gasteiger partial charge is 0.434 e. The van der Waals surface area contributed by atoms with Crippen LogP contribution in [0.4, 0.5) is 4.79 Å². The van der Waals surface area contributed by atoms with Crippen molar-refractivity contribution in [3.05, 3.63) is 0 Å². The second kappa shape index (κ2) is 12.8. The molecule has 0 aromatic rings. The summed E-state index contributed by atoms with van der Waals surface area (Å²) >= 11 is 1.56. The third-order valence-electron chi connectivity index (χ3n) is 7.03. The van der Waals surface area contributed by atoms with Gasteiger partial charge in [-0.2, -0.15) is 0 Å². The Hall–Kier alpha value is -1.97. The Kier molecular flexibility index (Phi) is 10.1. The quantitative estimate of drug-likeness (QED) is 0.134. The summed E-state index contributed by atoms with van der Waals surface area (Å²) in [6, 6.07) is -1.24. The summed E-state index contributed by atoms with van der Waals surface area (Å²) < 4.78 is 14.8. The molecule has 0 aliphatic carbocycles. The number of hydrogen-bond acceptors (Lipinski definition) is 8. The van der Waals surface area contributed by atoms with Crippen molar-refractivity contribution in [2.75, 3.05) is 26.5 Å². The number of aliphatic imine (C=N–C) groups is 1. The zero-order valence-corrected chi connectivity index (χ0v) is 22.4. The average Bonchev–Trinajstić information content (AvgIpc) is 2.96. The van der Waals surface area contributed by atoms with Gasteiger partial charge in [0.25, 0.3) is 5.91 Å². The van der Waals surface area contributed by atoms with Crippen molar-refractivity contribution in [1.29, 1.82) is 0 Å². The lowest BCUT2D eigenvalue weighted by Crippen LogP contribution is -2.65. The predicted octanol–water partition coefficient (Wildman–Crippen LogP) is 4.19. The number of rotatable bonds is 11. The van der Waals surface area contributed by atoms with E-state index >= 15 is 0 Å². The van der Waals surface area contributed by atoms with Crippen LogP contribution in [0.5, 0.6) is 0 Å². The van der Waals surface area contributed by atoms with Crippen molar-refractivity contribution >= 4 is 36.1 Å². The molecular formula is C25H41N3O6S. The first-order valence-electron chi connectivity index (χ1n) is 13.0. The molecule has 198 valence electrons. The molecule has 0 aromatic heterocycles. The van der Waals surface area contributed by atoms with Gasteiger partial charge in [-0.05, 0) is 39.0 Å². The van der Waals surface area contributed by atoms with Gasteiger partial charge in [-0.25, -0.2) is 9.59 Å². The van der Waals surface area contributed by atoms with E-state index in [0.29, 0.717) is 12.5 Å². The van der Waals surface area contributed by atoms with Gasteiger partial charge < -0.3 is 24.0 Å². The number of fused-ring (bicyclic) bond motifs is 1. The summed E-state index contributed by atoms with van der Waals surface area (Å²) in [5, 5.41) is -0.196. The fourth-order valence-corrected chi connectivity index (χ4v) is 6.44. The number of carbonyl (C=O) groups excluding carboxylic acids is 3. The minimum atomic E-state index is -0.853. The van der Waals surface area contributed by atoms with E-state index in [0.717, 1.165) is 51.6 Å². The van der Waals surface area contributed by atoms with Crippen LogP contribution in [0.2, 0.25) is 0 Å². The Morgan fingerprint density at radius 2 is 1.86 bits per heavy atom. The molecule has 9 nitrogen and oxygen atoms in total. The number of thioether (sulfide) groups is 1. The highest BCUT2D eigenvalue weighted by molar-refractivity contribution is 8.01. The van der Waals surface area contributed by atoms with Crippen molar-refractivity contribution in [1.82, 2.24) is 9.80 Å². The molecule has 0 spiro atoms. The molecular weight excluding hydrogens is 470 g/mol. The van der Waals surface area contributed by atoms with Crippen LogP contribution in [0.25, 0.3) is 0 Å². The fraction of sp³-hybridized carbons (Fsp3) is 0.840. The van der Waals surface area contributed by atoms with Gasteiger partial charge in [-0.1, -0.05) is 46.0 Å².